The lowest BCUT2D eigenvalue weighted by Gasteiger charge is -2.49. The van der Waals surface area contributed by atoms with Gasteiger partial charge in [-0.15, -0.1) is 0 Å². The van der Waals surface area contributed by atoms with E-state index in [1.165, 1.54) is 31.2 Å². The van der Waals surface area contributed by atoms with E-state index in [0.29, 0.717) is 5.02 Å². The molecule has 0 spiro atoms. The van der Waals surface area contributed by atoms with Gasteiger partial charge in [-0.25, -0.2) is 4.79 Å². The molecule has 0 radical (unpaired) electrons. The van der Waals surface area contributed by atoms with E-state index in [1.807, 2.05) is 0 Å². The fourth-order valence-electron chi connectivity index (χ4n) is 2.75. The second kappa shape index (κ2) is 6.72. The number of amides is 2. The molecular weight excluding hydrogens is 365 g/mol. The van der Waals surface area contributed by atoms with E-state index in [9.17, 15) is 27.9 Å². The van der Waals surface area contributed by atoms with Gasteiger partial charge in [0.05, 0.1) is 12.6 Å². The van der Waals surface area contributed by atoms with E-state index in [0.717, 1.165) is 7.05 Å². The van der Waals surface area contributed by atoms with Crippen molar-refractivity contribution < 1.29 is 32.6 Å². The Balaban J connectivity index is 2.62. The number of rotatable bonds is 3. The molecule has 3 atom stereocenters. The molecule has 25 heavy (non-hydrogen) atoms. The number of urea groups is 1. The highest BCUT2D eigenvalue weighted by Gasteiger charge is 2.69. The van der Waals surface area contributed by atoms with Crippen LogP contribution in [0.3, 0.4) is 0 Å². The molecular formula is C15H16ClF3N2O4. The minimum Gasteiger partial charge on any atom is -0.466 e. The lowest BCUT2D eigenvalue weighted by atomic mass is 9.81. The largest absolute Gasteiger partial charge is 0.466 e. The van der Waals surface area contributed by atoms with Crippen LogP contribution in [0.1, 0.15) is 18.5 Å². The zero-order chi connectivity index (χ0) is 19.0. The summed E-state index contributed by atoms with van der Waals surface area (Å²) in [5.74, 6) is -3.41. The van der Waals surface area contributed by atoms with Crippen molar-refractivity contribution in [3.63, 3.8) is 0 Å². The van der Waals surface area contributed by atoms with Crippen molar-refractivity contribution in [2.45, 2.75) is 24.9 Å². The summed E-state index contributed by atoms with van der Waals surface area (Å²) < 4.78 is 45.7. The van der Waals surface area contributed by atoms with E-state index in [-0.39, 0.29) is 17.1 Å². The number of alkyl halides is 3. The highest BCUT2D eigenvalue weighted by atomic mass is 35.5. The number of hydrogen-bond donors (Lipinski definition) is 2. The van der Waals surface area contributed by atoms with Gasteiger partial charge >= 0.3 is 18.2 Å². The first kappa shape index (κ1) is 19.3. The van der Waals surface area contributed by atoms with E-state index >= 15 is 0 Å². The van der Waals surface area contributed by atoms with E-state index < -0.39 is 35.9 Å². The Morgan fingerprint density at radius 1 is 1.40 bits per heavy atom. The van der Waals surface area contributed by atoms with Gasteiger partial charge in [-0.3, -0.25) is 9.69 Å². The third kappa shape index (κ3) is 3.25. The summed E-state index contributed by atoms with van der Waals surface area (Å²) in [6.45, 7) is 1.24. The maximum atomic E-state index is 13.7. The van der Waals surface area contributed by atoms with Crippen LogP contribution in [-0.4, -0.2) is 47.6 Å². The third-order valence-corrected chi connectivity index (χ3v) is 4.30. The van der Waals surface area contributed by atoms with Gasteiger partial charge in [-0.2, -0.15) is 13.2 Å². The van der Waals surface area contributed by atoms with Crippen LogP contribution >= 0.6 is 11.6 Å². The van der Waals surface area contributed by atoms with Crippen LogP contribution < -0.4 is 5.32 Å². The van der Waals surface area contributed by atoms with Crippen molar-refractivity contribution in [3.8, 4) is 0 Å². The standard InChI is InChI=1S/C15H16ClF3N2O4/c1-3-25-12(22)10-11(8-4-6-9(16)7-5-8)20-13(23)21(2)14(10,24)15(17,18)19/h4-7,10-11,24H,3H2,1-2H3,(H,20,23)/t10-,11+,14-/m0/s1. The zero-order valence-electron chi connectivity index (χ0n) is 13.3. The minimum atomic E-state index is -5.29. The normalized spacial score (nSPS) is 27.0. The Morgan fingerprint density at radius 2 is 1.96 bits per heavy atom. The quantitative estimate of drug-likeness (QED) is 0.790. The molecule has 1 aromatic carbocycles. The summed E-state index contributed by atoms with van der Waals surface area (Å²) in [6.07, 6.45) is -5.29. The summed E-state index contributed by atoms with van der Waals surface area (Å²) in [6, 6.07) is 2.89. The maximum absolute atomic E-state index is 13.7. The molecule has 1 saturated heterocycles. The SMILES string of the molecule is CCOC(=O)[C@@H]1[C@@H](c2ccc(Cl)cc2)NC(=O)N(C)[C@@]1(O)C(F)(F)F. The smallest absolute Gasteiger partial charge is 0.437 e. The first-order valence-corrected chi connectivity index (χ1v) is 7.67. The number of hydrogen-bond acceptors (Lipinski definition) is 4. The van der Waals surface area contributed by atoms with Gasteiger partial charge in [0.15, 0.2) is 0 Å². The first-order valence-electron chi connectivity index (χ1n) is 7.29. The van der Waals surface area contributed by atoms with Crippen LogP contribution in [0.15, 0.2) is 24.3 Å². The van der Waals surface area contributed by atoms with Crippen molar-refractivity contribution in [1.82, 2.24) is 10.2 Å². The van der Waals surface area contributed by atoms with Gasteiger partial charge in [-0.1, -0.05) is 23.7 Å². The summed E-state index contributed by atoms with van der Waals surface area (Å²) in [7, 11) is 0.757. The first-order chi connectivity index (χ1) is 11.5. The lowest BCUT2D eigenvalue weighted by molar-refractivity contribution is -0.328. The molecule has 0 aliphatic carbocycles. The Labute approximate surface area is 146 Å². The van der Waals surface area contributed by atoms with E-state index in [2.05, 4.69) is 5.32 Å². The van der Waals surface area contributed by atoms with Crippen LogP contribution in [0, 0.1) is 5.92 Å². The molecule has 1 aliphatic rings. The number of aliphatic hydroxyl groups is 1. The van der Waals surface area contributed by atoms with Crippen LogP contribution in [0.2, 0.25) is 5.02 Å². The molecule has 0 bridgehead atoms. The lowest BCUT2D eigenvalue weighted by Crippen LogP contribution is -2.73. The highest BCUT2D eigenvalue weighted by molar-refractivity contribution is 6.30. The second-order valence-corrected chi connectivity index (χ2v) is 5.93. The van der Waals surface area contributed by atoms with Crippen LogP contribution in [0.5, 0.6) is 0 Å². The average molecular weight is 381 g/mol. The number of carbonyl (C=O) groups is 2. The topological polar surface area (TPSA) is 78.9 Å². The van der Waals surface area contributed by atoms with Crippen LogP contribution in [0.4, 0.5) is 18.0 Å². The molecule has 0 saturated carbocycles. The zero-order valence-corrected chi connectivity index (χ0v) is 14.1. The number of nitrogens with one attached hydrogen (secondary N) is 1. The number of benzene rings is 1. The molecule has 1 aromatic rings. The number of esters is 1. The second-order valence-electron chi connectivity index (χ2n) is 5.49. The van der Waals surface area contributed by atoms with Crippen molar-refractivity contribution in [2.24, 2.45) is 5.92 Å². The minimum absolute atomic E-state index is 0.0566. The molecule has 2 N–H and O–H groups in total. The van der Waals surface area contributed by atoms with Crippen LogP contribution in [0.25, 0.3) is 0 Å². The molecule has 6 nitrogen and oxygen atoms in total. The number of ether oxygens (including phenoxy) is 1. The summed E-state index contributed by atoms with van der Waals surface area (Å²) in [5, 5.41) is 13.0. The monoisotopic (exact) mass is 380 g/mol. The Hall–Kier alpha value is -2.00. The van der Waals surface area contributed by atoms with E-state index in [1.54, 1.807) is 0 Å². The van der Waals surface area contributed by atoms with Crippen molar-refractivity contribution in [3.05, 3.63) is 34.9 Å². The number of nitrogens with zero attached hydrogens (tertiary/aromatic N) is 1. The fourth-order valence-corrected chi connectivity index (χ4v) is 2.88. The third-order valence-electron chi connectivity index (χ3n) is 4.05. The molecule has 1 heterocycles. The van der Waals surface area contributed by atoms with Crippen molar-refractivity contribution in [2.75, 3.05) is 13.7 Å². The number of carbonyl (C=O) groups excluding carboxylic acids is 2. The average Bonchev–Trinajstić information content (AvgIpc) is 2.52. The van der Waals surface area contributed by atoms with Gasteiger partial charge < -0.3 is 15.2 Å². The predicted octanol–water partition coefficient (Wildman–Crippen LogP) is 2.47. The molecule has 2 amide bonds. The van der Waals surface area contributed by atoms with E-state index in [4.69, 9.17) is 16.3 Å². The molecule has 138 valence electrons. The highest BCUT2D eigenvalue weighted by Crippen LogP contribution is 2.46. The number of halogens is 4. The van der Waals surface area contributed by atoms with Gasteiger partial charge in [0.25, 0.3) is 5.72 Å². The Bertz CT molecular complexity index is 668. The van der Waals surface area contributed by atoms with Gasteiger partial charge in [0.1, 0.15) is 5.92 Å². The van der Waals surface area contributed by atoms with Gasteiger partial charge in [0, 0.05) is 12.1 Å². The maximum Gasteiger partial charge on any atom is 0.437 e. The molecule has 2 rings (SSSR count). The fraction of sp³-hybridized carbons (Fsp3) is 0.467. The van der Waals surface area contributed by atoms with Crippen molar-refractivity contribution in [1.29, 1.82) is 0 Å². The summed E-state index contributed by atoms with van der Waals surface area (Å²) >= 11 is 5.76. The Morgan fingerprint density at radius 3 is 2.44 bits per heavy atom. The van der Waals surface area contributed by atoms with Gasteiger partial charge in [0.2, 0.25) is 0 Å². The van der Waals surface area contributed by atoms with Crippen molar-refractivity contribution >= 4 is 23.6 Å². The molecule has 0 unspecified atom stereocenters. The molecule has 1 fully saturated rings. The Kier molecular flexibility index (Phi) is 5.19. The predicted molar refractivity (Wildman–Crippen MR) is 81.6 cm³/mol. The molecule has 0 aromatic heterocycles. The summed E-state index contributed by atoms with van der Waals surface area (Å²) in [5.41, 5.74) is -3.56. The van der Waals surface area contributed by atoms with Crippen LogP contribution in [-0.2, 0) is 9.53 Å². The van der Waals surface area contributed by atoms with Gasteiger partial charge in [-0.05, 0) is 24.6 Å². The molecule has 1 aliphatic heterocycles. The summed E-state index contributed by atoms with van der Waals surface area (Å²) in [4.78, 5) is 24.3. The molecule has 10 heteroatoms.